The van der Waals surface area contributed by atoms with Crippen LogP contribution in [0.2, 0.25) is 0 Å². The second-order valence-corrected chi connectivity index (χ2v) is 9.32. The highest BCUT2D eigenvalue weighted by atomic mass is 32.2. The van der Waals surface area contributed by atoms with Gasteiger partial charge >= 0.3 is 12.2 Å². The molecular weight excluding hydrogens is 381 g/mol. The van der Waals surface area contributed by atoms with Gasteiger partial charge in [0, 0.05) is 24.3 Å². The Morgan fingerprint density at radius 2 is 2.07 bits per heavy atom. The summed E-state index contributed by atoms with van der Waals surface area (Å²) >= 11 is 0. The lowest BCUT2D eigenvalue weighted by Gasteiger charge is -2.42. The van der Waals surface area contributed by atoms with Crippen LogP contribution in [-0.4, -0.2) is 50.4 Å². The molecule has 154 valence electrons. The Bertz CT molecular complexity index is 701. The van der Waals surface area contributed by atoms with Gasteiger partial charge in [-0.3, -0.25) is 0 Å². The zero-order valence-electron chi connectivity index (χ0n) is 15.6. The van der Waals surface area contributed by atoms with Gasteiger partial charge in [-0.15, -0.1) is 0 Å². The Balaban J connectivity index is 2.13. The Labute approximate surface area is 158 Å². The molecule has 1 aliphatic heterocycles. The van der Waals surface area contributed by atoms with Gasteiger partial charge in [-0.05, 0) is 45.4 Å². The number of rotatable bonds is 4. The molecule has 0 aromatic carbocycles. The predicted molar refractivity (Wildman–Crippen MR) is 97.8 cm³/mol. The van der Waals surface area contributed by atoms with Crippen molar-refractivity contribution in [3.63, 3.8) is 0 Å². The summed E-state index contributed by atoms with van der Waals surface area (Å²) in [6, 6.07) is -1.57. The second-order valence-electron chi connectivity index (χ2n) is 7.39. The monoisotopic (exact) mass is 408 g/mol. The summed E-state index contributed by atoms with van der Waals surface area (Å²) in [5, 5.41) is 3.68. The van der Waals surface area contributed by atoms with Crippen LogP contribution < -0.4 is 5.32 Å². The number of likely N-dealkylation sites (tertiary alicyclic amines) is 1. The number of halogens is 3. The maximum Gasteiger partial charge on any atom is 0.391 e. The van der Waals surface area contributed by atoms with Gasteiger partial charge in [-0.2, -0.15) is 13.2 Å². The van der Waals surface area contributed by atoms with Crippen LogP contribution in [0.3, 0.4) is 0 Å². The van der Waals surface area contributed by atoms with Gasteiger partial charge in [0.2, 0.25) is 0 Å². The van der Waals surface area contributed by atoms with Crippen molar-refractivity contribution in [2.45, 2.75) is 63.7 Å². The van der Waals surface area contributed by atoms with Gasteiger partial charge in [0.05, 0.1) is 12.0 Å². The molecule has 0 spiro atoms. The van der Waals surface area contributed by atoms with Crippen molar-refractivity contribution in [1.82, 2.24) is 10.2 Å². The van der Waals surface area contributed by atoms with Crippen LogP contribution in [0.15, 0.2) is 23.1 Å². The number of sulfone groups is 1. The molecule has 0 aromatic heterocycles. The van der Waals surface area contributed by atoms with E-state index in [0.717, 1.165) is 36.5 Å². The molecule has 2 rings (SSSR count). The SMILES string of the molecule is CC(/C=C/S(C)(=O)=O)NC(=O)N1CC[C@@H](C(F)(F)F)C[C@H]1C1=CCCCC1. The number of allylic oxidation sites excluding steroid dienone is 1. The number of nitrogens with zero attached hydrogens (tertiary/aromatic N) is 1. The van der Waals surface area contributed by atoms with Crippen molar-refractivity contribution in [2.75, 3.05) is 12.8 Å². The first kappa shape index (κ1) is 21.8. The van der Waals surface area contributed by atoms with Crippen LogP contribution in [-0.2, 0) is 9.84 Å². The molecule has 5 nitrogen and oxygen atoms in total. The van der Waals surface area contributed by atoms with Gasteiger partial charge in [0.25, 0.3) is 0 Å². The lowest BCUT2D eigenvalue weighted by molar-refractivity contribution is -0.186. The summed E-state index contributed by atoms with van der Waals surface area (Å²) in [6.07, 6.45) is 3.34. The third-order valence-corrected chi connectivity index (χ3v) is 5.70. The fraction of sp³-hybridized carbons (Fsp3) is 0.722. The molecule has 3 atom stereocenters. The number of nitrogens with one attached hydrogen (secondary N) is 1. The summed E-state index contributed by atoms with van der Waals surface area (Å²) in [5.41, 5.74) is 0.907. The molecule has 1 unspecified atom stereocenters. The molecule has 0 radical (unpaired) electrons. The van der Waals surface area contributed by atoms with Gasteiger partial charge in [-0.1, -0.05) is 17.7 Å². The highest BCUT2D eigenvalue weighted by Crippen LogP contribution is 2.40. The molecule has 1 N–H and O–H groups in total. The second kappa shape index (κ2) is 8.67. The minimum absolute atomic E-state index is 0.0283. The topological polar surface area (TPSA) is 66.5 Å². The van der Waals surface area contributed by atoms with Crippen molar-refractivity contribution in [2.24, 2.45) is 5.92 Å². The summed E-state index contributed by atoms with van der Waals surface area (Å²) in [7, 11) is -3.31. The zero-order chi connectivity index (χ0) is 20.2. The normalized spacial score (nSPS) is 26.0. The lowest BCUT2D eigenvalue weighted by atomic mass is 9.83. The molecule has 27 heavy (non-hydrogen) atoms. The molecule has 0 bridgehead atoms. The molecule has 0 aromatic rings. The van der Waals surface area contributed by atoms with E-state index in [1.807, 2.05) is 6.08 Å². The number of hydrogen-bond acceptors (Lipinski definition) is 3. The van der Waals surface area contributed by atoms with Crippen LogP contribution in [0.25, 0.3) is 0 Å². The van der Waals surface area contributed by atoms with Crippen molar-refractivity contribution in [3.8, 4) is 0 Å². The third kappa shape index (κ3) is 6.55. The summed E-state index contributed by atoms with van der Waals surface area (Å²) in [6.45, 7) is 1.65. The van der Waals surface area contributed by atoms with Crippen molar-refractivity contribution < 1.29 is 26.4 Å². The molecule has 2 aliphatic rings. The first-order valence-electron chi connectivity index (χ1n) is 9.18. The number of urea groups is 1. The fourth-order valence-electron chi connectivity index (χ4n) is 3.61. The first-order chi connectivity index (χ1) is 12.5. The number of hydrogen-bond donors (Lipinski definition) is 1. The average molecular weight is 408 g/mol. The standard InChI is InChI=1S/C18H27F3N2O3S/c1-13(9-11-27(2,25)26)22-17(24)23-10-8-15(18(19,20)21)12-16(23)14-6-4-3-5-7-14/h6,9,11,13,15-16H,3-5,7-8,10,12H2,1-2H3,(H,22,24)/b11-9+/t13?,15-,16+/m1/s1. The molecule has 1 fully saturated rings. The summed E-state index contributed by atoms with van der Waals surface area (Å²) in [5.74, 6) is -1.41. The zero-order valence-corrected chi connectivity index (χ0v) is 16.4. The Morgan fingerprint density at radius 3 is 2.63 bits per heavy atom. The highest BCUT2D eigenvalue weighted by molar-refractivity contribution is 7.93. The molecule has 0 saturated carbocycles. The molecule has 1 heterocycles. The number of carbonyl (C=O) groups is 1. The largest absolute Gasteiger partial charge is 0.391 e. The third-order valence-electron chi connectivity index (χ3n) is 5.05. The van der Waals surface area contributed by atoms with E-state index in [9.17, 15) is 26.4 Å². The minimum Gasteiger partial charge on any atom is -0.332 e. The maximum atomic E-state index is 13.2. The highest BCUT2D eigenvalue weighted by Gasteiger charge is 2.46. The first-order valence-corrected chi connectivity index (χ1v) is 11.1. The van der Waals surface area contributed by atoms with Gasteiger partial charge in [0.15, 0.2) is 9.84 Å². The molecule has 9 heteroatoms. The summed E-state index contributed by atoms with van der Waals surface area (Å²) < 4.78 is 62.1. The van der Waals surface area contributed by atoms with E-state index < -0.39 is 40.0 Å². The predicted octanol–water partition coefficient (Wildman–Crippen LogP) is 3.79. The minimum atomic E-state index is -4.26. The smallest absolute Gasteiger partial charge is 0.332 e. The van der Waals surface area contributed by atoms with Crippen LogP contribution in [0.4, 0.5) is 18.0 Å². The van der Waals surface area contributed by atoms with E-state index in [2.05, 4.69) is 5.32 Å². The van der Waals surface area contributed by atoms with Crippen LogP contribution >= 0.6 is 0 Å². The molecule has 1 aliphatic carbocycles. The van der Waals surface area contributed by atoms with Crippen molar-refractivity contribution >= 4 is 15.9 Å². The van der Waals surface area contributed by atoms with Gasteiger partial charge in [0.1, 0.15) is 0 Å². The van der Waals surface area contributed by atoms with E-state index in [1.165, 1.54) is 11.0 Å². The number of alkyl halides is 3. The molecular formula is C18H27F3N2O3S. The van der Waals surface area contributed by atoms with E-state index in [1.54, 1.807) is 6.92 Å². The van der Waals surface area contributed by atoms with Gasteiger partial charge < -0.3 is 10.2 Å². The van der Waals surface area contributed by atoms with Crippen LogP contribution in [0.5, 0.6) is 0 Å². The van der Waals surface area contributed by atoms with E-state index >= 15 is 0 Å². The quantitative estimate of drug-likeness (QED) is 0.720. The maximum absolute atomic E-state index is 13.2. The number of piperidine rings is 1. The fourth-order valence-corrected chi connectivity index (χ4v) is 4.13. The average Bonchev–Trinajstić information content (AvgIpc) is 2.59. The van der Waals surface area contributed by atoms with Gasteiger partial charge in [-0.25, -0.2) is 13.2 Å². The number of carbonyl (C=O) groups excluding carboxylic acids is 1. The Morgan fingerprint density at radius 1 is 1.37 bits per heavy atom. The number of amides is 2. The molecule has 2 amide bonds. The Kier molecular flexibility index (Phi) is 6.99. The van der Waals surface area contributed by atoms with Crippen LogP contribution in [0, 0.1) is 5.92 Å². The van der Waals surface area contributed by atoms with E-state index in [4.69, 9.17) is 0 Å². The van der Waals surface area contributed by atoms with Crippen molar-refractivity contribution in [1.29, 1.82) is 0 Å². The lowest BCUT2D eigenvalue weighted by Crippen LogP contribution is -2.54. The van der Waals surface area contributed by atoms with Crippen molar-refractivity contribution in [3.05, 3.63) is 23.1 Å². The molecule has 1 saturated heterocycles. The summed E-state index contributed by atoms with van der Waals surface area (Å²) in [4.78, 5) is 14.1. The Hall–Kier alpha value is -1.51. The van der Waals surface area contributed by atoms with E-state index in [0.29, 0.717) is 6.42 Å². The van der Waals surface area contributed by atoms with Crippen LogP contribution in [0.1, 0.15) is 45.4 Å². The van der Waals surface area contributed by atoms with E-state index in [-0.39, 0.29) is 19.4 Å².